The Morgan fingerprint density at radius 1 is 1.08 bits per heavy atom. The first kappa shape index (κ1) is 19.0. The van der Waals surface area contributed by atoms with Gasteiger partial charge in [-0.25, -0.2) is 4.79 Å². The number of Topliss-reactive ketones (excluding diaryl/α,β-unsaturated/α-hetero) is 1. The zero-order chi connectivity index (χ0) is 18.2. The molecule has 0 heterocycles. The van der Waals surface area contributed by atoms with Gasteiger partial charge in [-0.05, 0) is 49.9 Å². The maximum atomic E-state index is 11.9. The lowest BCUT2D eigenvalue weighted by Crippen LogP contribution is -2.43. The van der Waals surface area contributed by atoms with Crippen LogP contribution in [0.1, 0.15) is 49.9 Å². The summed E-state index contributed by atoms with van der Waals surface area (Å²) in [6.45, 7) is 3.02. The third-order valence-corrected chi connectivity index (χ3v) is 4.44. The van der Waals surface area contributed by atoms with E-state index in [1.807, 2.05) is 0 Å². The molecule has 1 aromatic carbocycles. The summed E-state index contributed by atoms with van der Waals surface area (Å²) in [5, 5.41) is 2.93. The van der Waals surface area contributed by atoms with Crippen molar-refractivity contribution in [1.82, 2.24) is 5.32 Å². The molecular weight excluding hydrogens is 322 g/mol. The molecule has 1 saturated carbocycles. The van der Waals surface area contributed by atoms with Crippen molar-refractivity contribution in [2.24, 2.45) is 5.92 Å². The van der Waals surface area contributed by atoms with Gasteiger partial charge in [0.15, 0.2) is 19.0 Å². The van der Waals surface area contributed by atoms with Gasteiger partial charge in [0, 0.05) is 11.6 Å². The van der Waals surface area contributed by atoms with Crippen molar-refractivity contribution in [3.8, 4) is 5.75 Å². The first-order chi connectivity index (χ1) is 12.0. The Morgan fingerprint density at radius 3 is 2.40 bits per heavy atom. The minimum absolute atomic E-state index is 0.0377. The van der Waals surface area contributed by atoms with Crippen LogP contribution in [0.4, 0.5) is 0 Å². The predicted octanol–water partition coefficient (Wildman–Crippen LogP) is 2.51. The Kier molecular flexibility index (Phi) is 6.98. The zero-order valence-electron chi connectivity index (χ0n) is 14.7. The standard InChI is InChI=1S/C19H25NO5/c1-13-5-3-4-6-17(13)20-18(22)11-25-19(23)12-24-16-9-7-15(8-10-16)14(2)21/h7-10,13,17H,3-6,11-12H2,1-2H3,(H,20,22)/t13-,17+/m0/s1. The molecule has 0 radical (unpaired) electrons. The summed E-state index contributed by atoms with van der Waals surface area (Å²) in [4.78, 5) is 34.7. The molecule has 25 heavy (non-hydrogen) atoms. The number of hydrogen-bond donors (Lipinski definition) is 1. The minimum Gasteiger partial charge on any atom is -0.482 e. The van der Waals surface area contributed by atoms with Crippen molar-refractivity contribution in [1.29, 1.82) is 0 Å². The van der Waals surface area contributed by atoms with Gasteiger partial charge in [-0.1, -0.05) is 19.8 Å². The Balaban J connectivity index is 1.67. The summed E-state index contributed by atoms with van der Waals surface area (Å²) in [6, 6.07) is 6.64. The fraction of sp³-hybridized carbons (Fsp3) is 0.526. The van der Waals surface area contributed by atoms with Crippen LogP contribution in [0.3, 0.4) is 0 Å². The van der Waals surface area contributed by atoms with E-state index in [0.717, 1.165) is 19.3 Å². The number of carbonyl (C=O) groups is 3. The van der Waals surface area contributed by atoms with Gasteiger partial charge in [0.1, 0.15) is 5.75 Å². The number of ketones is 1. The molecule has 0 aliphatic heterocycles. The highest BCUT2D eigenvalue weighted by Gasteiger charge is 2.23. The molecule has 1 aliphatic carbocycles. The van der Waals surface area contributed by atoms with Gasteiger partial charge < -0.3 is 14.8 Å². The number of benzene rings is 1. The highest BCUT2D eigenvalue weighted by atomic mass is 16.6. The number of hydrogen-bond acceptors (Lipinski definition) is 5. The number of carbonyl (C=O) groups excluding carboxylic acids is 3. The SMILES string of the molecule is CC(=O)c1ccc(OCC(=O)OCC(=O)N[C@@H]2CCCC[C@@H]2C)cc1. The number of ether oxygens (including phenoxy) is 2. The highest BCUT2D eigenvalue weighted by molar-refractivity contribution is 5.94. The van der Waals surface area contributed by atoms with Crippen LogP contribution in [0, 0.1) is 5.92 Å². The van der Waals surface area contributed by atoms with Crippen molar-refractivity contribution < 1.29 is 23.9 Å². The molecule has 6 nitrogen and oxygen atoms in total. The molecule has 0 saturated heterocycles. The van der Waals surface area contributed by atoms with Gasteiger partial charge in [0.25, 0.3) is 5.91 Å². The Morgan fingerprint density at radius 2 is 1.76 bits per heavy atom. The van der Waals surface area contributed by atoms with Crippen LogP contribution in [0.25, 0.3) is 0 Å². The minimum atomic E-state index is -0.609. The summed E-state index contributed by atoms with van der Waals surface area (Å²) in [5.74, 6) is -0.0122. The molecule has 2 rings (SSSR count). The maximum absolute atomic E-state index is 11.9. The highest BCUT2D eigenvalue weighted by Crippen LogP contribution is 2.23. The molecule has 6 heteroatoms. The van der Waals surface area contributed by atoms with Crippen molar-refractivity contribution in [3.63, 3.8) is 0 Å². The fourth-order valence-corrected chi connectivity index (χ4v) is 2.89. The quantitative estimate of drug-likeness (QED) is 0.605. The van der Waals surface area contributed by atoms with Crippen LogP contribution in [-0.2, 0) is 14.3 Å². The van der Waals surface area contributed by atoms with E-state index in [4.69, 9.17) is 9.47 Å². The molecule has 1 N–H and O–H groups in total. The van der Waals surface area contributed by atoms with Crippen molar-refractivity contribution in [2.45, 2.75) is 45.6 Å². The average molecular weight is 347 g/mol. The van der Waals surface area contributed by atoms with Crippen molar-refractivity contribution in [2.75, 3.05) is 13.2 Å². The van der Waals surface area contributed by atoms with Crippen LogP contribution < -0.4 is 10.1 Å². The summed E-state index contributed by atoms with van der Waals surface area (Å²) in [6.07, 6.45) is 4.40. The van der Waals surface area contributed by atoms with E-state index < -0.39 is 5.97 Å². The van der Waals surface area contributed by atoms with Crippen molar-refractivity contribution in [3.05, 3.63) is 29.8 Å². The average Bonchev–Trinajstić information content (AvgIpc) is 2.60. The maximum Gasteiger partial charge on any atom is 0.344 e. The second-order valence-corrected chi connectivity index (χ2v) is 6.47. The number of esters is 1. The van der Waals surface area contributed by atoms with Gasteiger partial charge >= 0.3 is 5.97 Å². The van der Waals surface area contributed by atoms with E-state index in [1.165, 1.54) is 13.3 Å². The van der Waals surface area contributed by atoms with Gasteiger partial charge in [0.05, 0.1) is 0 Å². The first-order valence-corrected chi connectivity index (χ1v) is 8.64. The van der Waals surface area contributed by atoms with Crippen molar-refractivity contribution >= 4 is 17.7 Å². The lowest BCUT2D eigenvalue weighted by molar-refractivity contribution is -0.150. The summed E-state index contributed by atoms with van der Waals surface area (Å²) >= 11 is 0. The third kappa shape index (κ3) is 6.21. The van der Waals surface area contributed by atoms with E-state index in [1.54, 1.807) is 24.3 Å². The molecule has 0 bridgehead atoms. The number of nitrogens with one attached hydrogen (secondary N) is 1. The lowest BCUT2D eigenvalue weighted by Gasteiger charge is -2.29. The van der Waals surface area contributed by atoms with E-state index in [-0.39, 0.29) is 30.9 Å². The van der Waals surface area contributed by atoms with Gasteiger partial charge in [-0.3, -0.25) is 9.59 Å². The van der Waals surface area contributed by atoms with Crippen LogP contribution in [0.15, 0.2) is 24.3 Å². The van der Waals surface area contributed by atoms with E-state index >= 15 is 0 Å². The van der Waals surface area contributed by atoms with E-state index in [0.29, 0.717) is 17.2 Å². The molecule has 1 aromatic rings. The molecule has 1 amide bonds. The van der Waals surface area contributed by atoms with E-state index in [2.05, 4.69) is 12.2 Å². The van der Waals surface area contributed by atoms with Crippen LogP contribution >= 0.6 is 0 Å². The van der Waals surface area contributed by atoms with Crippen LogP contribution in [0.5, 0.6) is 5.75 Å². The molecule has 0 aromatic heterocycles. The summed E-state index contributed by atoms with van der Waals surface area (Å²) in [7, 11) is 0. The molecule has 136 valence electrons. The molecule has 1 fully saturated rings. The molecule has 0 unspecified atom stereocenters. The third-order valence-electron chi connectivity index (χ3n) is 4.44. The van der Waals surface area contributed by atoms with Crippen LogP contribution in [0.2, 0.25) is 0 Å². The van der Waals surface area contributed by atoms with Crippen LogP contribution in [-0.4, -0.2) is 36.9 Å². The second kappa shape index (κ2) is 9.20. The predicted molar refractivity (Wildman–Crippen MR) is 92.5 cm³/mol. The Labute approximate surface area is 147 Å². The largest absolute Gasteiger partial charge is 0.482 e. The summed E-state index contributed by atoms with van der Waals surface area (Å²) < 4.78 is 10.2. The zero-order valence-corrected chi connectivity index (χ0v) is 14.7. The van der Waals surface area contributed by atoms with Gasteiger partial charge in [-0.15, -0.1) is 0 Å². The van der Waals surface area contributed by atoms with Gasteiger partial charge in [-0.2, -0.15) is 0 Å². The number of rotatable bonds is 7. The molecule has 1 aliphatic rings. The Bertz CT molecular complexity index is 611. The first-order valence-electron chi connectivity index (χ1n) is 8.64. The molecule has 2 atom stereocenters. The summed E-state index contributed by atoms with van der Waals surface area (Å²) in [5.41, 5.74) is 0.573. The van der Waals surface area contributed by atoms with Gasteiger partial charge in [0.2, 0.25) is 0 Å². The second-order valence-electron chi connectivity index (χ2n) is 6.47. The Hall–Kier alpha value is -2.37. The smallest absolute Gasteiger partial charge is 0.344 e. The molecular formula is C19H25NO5. The topological polar surface area (TPSA) is 81.7 Å². The fourth-order valence-electron chi connectivity index (χ4n) is 2.89. The molecule has 0 spiro atoms. The van der Waals surface area contributed by atoms with E-state index in [9.17, 15) is 14.4 Å². The number of amides is 1. The lowest BCUT2D eigenvalue weighted by atomic mass is 9.86. The normalized spacial score (nSPS) is 19.8. The monoisotopic (exact) mass is 347 g/mol.